The van der Waals surface area contributed by atoms with Crippen LogP contribution in [0.5, 0.6) is 0 Å². The van der Waals surface area contributed by atoms with Crippen LogP contribution in [0.4, 0.5) is 14.5 Å². The summed E-state index contributed by atoms with van der Waals surface area (Å²) in [6, 6.07) is 9.58. The zero-order valence-electron chi connectivity index (χ0n) is 15.9. The molecule has 1 atom stereocenters. The number of nitrogens with one attached hydrogen (secondary N) is 2. The first-order valence-electron chi connectivity index (χ1n) is 9.19. The summed E-state index contributed by atoms with van der Waals surface area (Å²) in [7, 11) is 0. The van der Waals surface area contributed by atoms with Crippen LogP contribution in [-0.2, 0) is 22.4 Å². The molecule has 29 heavy (non-hydrogen) atoms. The number of aliphatic imine (C=N–C) groups is 1. The van der Waals surface area contributed by atoms with Crippen molar-refractivity contribution >= 4 is 34.3 Å². The lowest BCUT2D eigenvalue weighted by molar-refractivity contribution is -0.125. The van der Waals surface area contributed by atoms with E-state index in [9.17, 15) is 18.4 Å². The van der Waals surface area contributed by atoms with Crippen molar-refractivity contribution in [2.45, 2.75) is 25.8 Å². The van der Waals surface area contributed by atoms with Crippen molar-refractivity contribution in [3.05, 3.63) is 65.2 Å². The fraction of sp³-hybridized carbons (Fsp3) is 0.286. The third-order valence-corrected chi connectivity index (χ3v) is 5.28. The highest BCUT2D eigenvalue weighted by Gasteiger charge is 2.17. The molecule has 0 fully saturated rings. The standard InChI is InChI=1S/C21H21F2N3O2S/c1-13(25-19(27)10-15-8-16(22)12-17(23)9-15)21(28)26-18-4-2-14(3-5-18)11-20-24-6-7-29-20/h2-5,8-9,12-13H,6-7,10-11H2,1H3,(H,25,27)(H,26,28)/t13-/m0/s1. The minimum atomic E-state index is -0.801. The smallest absolute Gasteiger partial charge is 0.246 e. The van der Waals surface area contributed by atoms with E-state index in [0.29, 0.717) is 5.69 Å². The van der Waals surface area contributed by atoms with E-state index in [2.05, 4.69) is 15.6 Å². The number of carbonyl (C=O) groups excluding carboxylic acids is 2. The van der Waals surface area contributed by atoms with Crippen molar-refractivity contribution in [1.29, 1.82) is 0 Å². The fourth-order valence-electron chi connectivity index (χ4n) is 2.87. The Morgan fingerprint density at radius 2 is 1.79 bits per heavy atom. The number of hydrogen-bond donors (Lipinski definition) is 2. The summed E-state index contributed by atoms with van der Waals surface area (Å²) < 4.78 is 26.4. The molecular formula is C21H21F2N3O2S. The lowest BCUT2D eigenvalue weighted by Gasteiger charge is -2.14. The van der Waals surface area contributed by atoms with E-state index in [4.69, 9.17) is 0 Å². The second kappa shape index (κ2) is 9.65. The number of nitrogens with zero attached hydrogens (tertiary/aromatic N) is 1. The Morgan fingerprint density at radius 3 is 2.41 bits per heavy atom. The summed E-state index contributed by atoms with van der Waals surface area (Å²) in [5, 5.41) is 6.40. The predicted octanol–water partition coefficient (Wildman–Crippen LogP) is 3.34. The van der Waals surface area contributed by atoms with Gasteiger partial charge in [-0.1, -0.05) is 12.1 Å². The van der Waals surface area contributed by atoms with E-state index in [1.54, 1.807) is 30.8 Å². The van der Waals surface area contributed by atoms with Gasteiger partial charge in [-0.3, -0.25) is 14.6 Å². The van der Waals surface area contributed by atoms with Crippen LogP contribution in [0.25, 0.3) is 0 Å². The Bertz CT molecular complexity index is 912. The summed E-state index contributed by atoms with van der Waals surface area (Å²) in [6.45, 7) is 2.41. The average molecular weight is 417 g/mol. The van der Waals surface area contributed by atoms with Crippen molar-refractivity contribution in [1.82, 2.24) is 5.32 Å². The normalized spacial score (nSPS) is 14.2. The van der Waals surface area contributed by atoms with Gasteiger partial charge in [0.1, 0.15) is 17.7 Å². The second-order valence-corrected chi connectivity index (χ2v) is 7.90. The van der Waals surface area contributed by atoms with Crippen LogP contribution in [-0.4, -0.2) is 35.2 Å². The highest BCUT2D eigenvalue weighted by Crippen LogP contribution is 2.18. The summed E-state index contributed by atoms with van der Waals surface area (Å²) in [5.74, 6) is -1.35. The maximum absolute atomic E-state index is 13.2. The van der Waals surface area contributed by atoms with Gasteiger partial charge in [0, 0.05) is 30.5 Å². The van der Waals surface area contributed by atoms with Gasteiger partial charge in [0.25, 0.3) is 0 Å². The monoisotopic (exact) mass is 417 g/mol. The Balaban J connectivity index is 1.49. The van der Waals surface area contributed by atoms with Gasteiger partial charge in [-0.25, -0.2) is 8.78 Å². The zero-order valence-corrected chi connectivity index (χ0v) is 16.7. The van der Waals surface area contributed by atoms with Crippen LogP contribution in [0.15, 0.2) is 47.5 Å². The molecule has 0 unspecified atom stereocenters. The van der Waals surface area contributed by atoms with Gasteiger partial charge in [0.05, 0.1) is 11.5 Å². The summed E-state index contributed by atoms with van der Waals surface area (Å²) in [4.78, 5) is 28.8. The SMILES string of the molecule is C[C@H](NC(=O)Cc1cc(F)cc(F)c1)C(=O)Nc1ccc(CC2=NCCS2)cc1. The molecule has 1 aliphatic rings. The maximum atomic E-state index is 13.2. The van der Waals surface area contributed by atoms with Gasteiger partial charge in [0.15, 0.2) is 0 Å². The number of hydrogen-bond acceptors (Lipinski definition) is 4. The van der Waals surface area contributed by atoms with E-state index >= 15 is 0 Å². The number of rotatable bonds is 7. The van der Waals surface area contributed by atoms with Crippen molar-refractivity contribution in [2.24, 2.45) is 4.99 Å². The van der Waals surface area contributed by atoms with Gasteiger partial charge >= 0.3 is 0 Å². The molecule has 0 saturated carbocycles. The Morgan fingerprint density at radius 1 is 1.10 bits per heavy atom. The van der Waals surface area contributed by atoms with Gasteiger partial charge < -0.3 is 10.6 Å². The quantitative estimate of drug-likeness (QED) is 0.726. The minimum Gasteiger partial charge on any atom is -0.344 e. The van der Waals surface area contributed by atoms with Gasteiger partial charge in [-0.05, 0) is 42.3 Å². The molecule has 0 bridgehead atoms. The molecule has 0 aliphatic carbocycles. The molecule has 1 aliphatic heterocycles. The van der Waals surface area contributed by atoms with E-state index < -0.39 is 23.6 Å². The van der Waals surface area contributed by atoms with Gasteiger partial charge in [-0.15, -0.1) is 11.8 Å². The highest BCUT2D eigenvalue weighted by atomic mass is 32.2. The lowest BCUT2D eigenvalue weighted by atomic mass is 10.1. The molecule has 2 aromatic carbocycles. The van der Waals surface area contributed by atoms with Crippen LogP contribution >= 0.6 is 11.8 Å². The second-order valence-electron chi connectivity index (χ2n) is 6.73. The maximum Gasteiger partial charge on any atom is 0.246 e. The summed E-state index contributed by atoms with van der Waals surface area (Å²) >= 11 is 1.76. The number of anilines is 1. The molecule has 0 radical (unpaired) electrons. The Kier molecular flexibility index (Phi) is 6.98. The van der Waals surface area contributed by atoms with Crippen molar-refractivity contribution < 1.29 is 18.4 Å². The molecule has 2 aromatic rings. The molecule has 2 amide bonds. The van der Waals surface area contributed by atoms with E-state index in [1.807, 2.05) is 12.1 Å². The number of thioether (sulfide) groups is 1. The molecule has 152 valence electrons. The lowest BCUT2D eigenvalue weighted by Crippen LogP contribution is -2.42. The molecule has 5 nitrogen and oxygen atoms in total. The highest BCUT2D eigenvalue weighted by molar-refractivity contribution is 8.14. The Hall–Kier alpha value is -2.74. The number of carbonyl (C=O) groups is 2. The third kappa shape index (κ3) is 6.39. The third-order valence-electron chi connectivity index (χ3n) is 4.28. The molecule has 8 heteroatoms. The predicted molar refractivity (Wildman–Crippen MR) is 111 cm³/mol. The first-order chi connectivity index (χ1) is 13.9. The summed E-state index contributed by atoms with van der Waals surface area (Å²) in [5.41, 5.74) is 1.93. The van der Waals surface area contributed by atoms with Gasteiger partial charge in [-0.2, -0.15) is 0 Å². The van der Waals surface area contributed by atoms with E-state index in [0.717, 1.165) is 47.5 Å². The topological polar surface area (TPSA) is 70.6 Å². The van der Waals surface area contributed by atoms with Crippen LogP contribution in [0, 0.1) is 11.6 Å². The molecule has 0 saturated heterocycles. The van der Waals surface area contributed by atoms with Crippen molar-refractivity contribution in [3.63, 3.8) is 0 Å². The first kappa shape index (κ1) is 21.0. The first-order valence-corrected chi connectivity index (χ1v) is 10.2. The van der Waals surface area contributed by atoms with Crippen LogP contribution in [0.2, 0.25) is 0 Å². The molecule has 2 N–H and O–H groups in total. The summed E-state index contributed by atoms with van der Waals surface area (Å²) in [6.07, 6.45) is 0.564. The zero-order chi connectivity index (χ0) is 20.8. The fourth-order valence-corrected chi connectivity index (χ4v) is 3.74. The Labute approximate surface area is 172 Å². The van der Waals surface area contributed by atoms with Crippen LogP contribution in [0.3, 0.4) is 0 Å². The van der Waals surface area contributed by atoms with Crippen molar-refractivity contribution in [3.8, 4) is 0 Å². The molecule has 0 aromatic heterocycles. The molecule has 3 rings (SSSR count). The largest absolute Gasteiger partial charge is 0.344 e. The molecule has 0 spiro atoms. The number of benzene rings is 2. The number of amides is 2. The van der Waals surface area contributed by atoms with Crippen LogP contribution in [0.1, 0.15) is 18.1 Å². The minimum absolute atomic E-state index is 0.202. The van der Waals surface area contributed by atoms with Crippen molar-refractivity contribution in [2.75, 3.05) is 17.6 Å². The molecule has 1 heterocycles. The molecular weight excluding hydrogens is 396 g/mol. The van der Waals surface area contributed by atoms with E-state index in [-0.39, 0.29) is 17.9 Å². The number of halogens is 2. The average Bonchev–Trinajstić information content (AvgIpc) is 3.15. The van der Waals surface area contributed by atoms with Gasteiger partial charge in [0.2, 0.25) is 11.8 Å². The van der Waals surface area contributed by atoms with Crippen LogP contribution < -0.4 is 10.6 Å². The van der Waals surface area contributed by atoms with E-state index in [1.165, 1.54) is 0 Å².